The van der Waals surface area contributed by atoms with Crippen molar-refractivity contribution in [2.45, 2.75) is 6.92 Å². The fourth-order valence-electron chi connectivity index (χ4n) is 5.29. The number of aryl methyl sites for hydroxylation is 1. The third-order valence-corrected chi connectivity index (χ3v) is 7.21. The van der Waals surface area contributed by atoms with Crippen molar-refractivity contribution in [1.29, 1.82) is 0 Å². The van der Waals surface area contributed by atoms with Crippen LogP contribution in [0.3, 0.4) is 0 Å². The molecule has 0 aliphatic heterocycles. The second-order valence-electron chi connectivity index (χ2n) is 9.71. The molecule has 0 fully saturated rings. The Hall–Kier alpha value is -4.30. The standard InChI is InChI=1S/C36H25N2.Ir/c1-25-15-18-34(37-24-25)30-13-8-14-31(21-30)38-35-19-16-28(26-9-4-2-5-10-26)22-32(35)33-23-29(17-20-36(33)38)27-11-6-3-7-12-27;/h2-12,14-24H,1H3;/q-1;. The van der Waals surface area contributed by atoms with Gasteiger partial charge in [0, 0.05) is 37.1 Å². The van der Waals surface area contributed by atoms with E-state index < -0.39 is 0 Å². The second-order valence-corrected chi connectivity index (χ2v) is 9.71. The Bertz CT molecular complexity index is 1810. The number of aromatic nitrogens is 2. The molecule has 0 aliphatic carbocycles. The molecular weight excluding hydrogens is 653 g/mol. The molecule has 2 aromatic heterocycles. The molecule has 7 aromatic rings. The van der Waals surface area contributed by atoms with Gasteiger partial charge in [-0.3, -0.25) is 0 Å². The van der Waals surface area contributed by atoms with Gasteiger partial charge in [0.1, 0.15) is 0 Å². The quantitative estimate of drug-likeness (QED) is 0.170. The van der Waals surface area contributed by atoms with Crippen LogP contribution in [0.4, 0.5) is 0 Å². The molecule has 2 nitrogen and oxygen atoms in total. The van der Waals surface area contributed by atoms with Gasteiger partial charge in [-0.05, 0) is 70.4 Å². The van der Waals surface area contributed by atoms with Crippen LogP contribution in [-0.4, -0.2) is 9.55 Å². The van der Waals surface area contributed by atoms with Crippen LogP contribution in [0.5, 0.6) is 0 Å². The Labute approximate surface area is 242 Å². The maximum atomic E-state index is 4.65. The van der Waals surface area contributed by atoms with E-state index in [2.05, 4.69) is 144 Å². The number of nitrogens with zero attached hydrogens (tertiary/aromatic N) is 2. The number of hydrogen-bond acceptors (Lipinski definition) is 1. The van der Waals surface area contributed by atoms with Gasteiger partial charge in [-0.25, -0.2) is 0 Å². The van der Waals surface area contributed by atoms with Gasteiger partial charge in [-0.1, -0.05) is 84.9 Å². The van der Waals surface area contributed by atoms with Gasteiger partial charge in [0.15, 0.2) is 0 Å². The summed E-state index contributed by atoms with van der Waals surface area (Å²) in [4.78, 5) is 4.65. The third kappa shape index (κ3) is 4.61. The zero-order valence-electron chi connectivity index (χ0n) is 21.4. The van der Waals surface area contributed by atoms with Crippen LogP contribution in [0.2, 0.25) is 0 Å². The van der Waals surface area contributed by atoms with E-state index in [1.165, 1.54) is 44.1 Å². The fraction of sp³-hybridized carbons (Fsp3) is 0.0278. The van der Waals surface area contributed by atoms with E-state index in [0.717, 1.165) is 22.5 Å². The molecular formula is C36H25IrN2-. The minimum Gasteiger partial charge on any atom is -0.327 e. The van der Waals surface area contributed by atoms with Gasteiger partial charge in [0.25, 0.3) is 0 Å². The van der Waals surface area contributed by atoms with E-state index in [9.17, 15) is 0 Å². The summed E-state index contributed by atoms with van der Waals surface area (Å²) in [6.45, 7) is 2.06. The first-order chi connectivity index (χ1) is 18.7. The van der Waals surface area contributed by atoms with Crippen molar-refractivity contribution < 1.29 is 20.1 Å². The Morgan fingerprint density at radius 2 is 1.18 bits per heavy atom. The molecule has 0 unspecified atom stereocenters. The molecule has 5 aromatic carbocycles. The van der Waals surface area contributed by atoms with Gasteiger partial charge in [-0.15, -0.1) is 29.8 Å². The smallest absolute Gasteiger partial charge is 0.0524 e. The van der Waals surface area contributed by atoms with Crippen LogP contribution >= 0.6 is 0 Å². The fourth-order valence-corrected chi connectivity index (χ4v) is 5.29. The second kappa shape index (κ2) is 10.5. The minimum absolute atomic E-state index is 0. The maximum Gasteiger partial charge on any atom is 0.0524 e. The van der Waals surface area contributed by atoms with Crippen molar-refractivity contribution in [2.24, 2.45) is 0 Å². The van der Waals surface area contributed by atoms with E-state index in [1.54, 1.807) is 0 Å². The molecule has 189 valence electrons. The monoisotopic (exact) mass is 678 g/mol. The molecule has 2 heterocycles. The third-order valence-electron chi connectivity index (χ3n) is 7.21. The SMILES string of the molecule is Cc1ccc(-c2[c-]ccc(-n3c4ccc(-c5ccccc5)cc4c4cc(-c5ccccc5)ccc43)c2)nc1.[Ir]. The van der Waals surface area contributed by atoms with Crippen LogP contribution in [-0.2, 0) is 20.1 Å². The van der Waals surface area contributed by atoms with E-state index in [4.69, 9.17) is 0 Å². The van der Waals surface area contributed by atoms with Crippen LogP contribution in [0, 0.1) is 13.0 Å². The predicted octanol–water partition coefficient (Wildman–Crippen LogP) is 9.29. The van der Waals surface area contributed by atoms with Gasteiger partial charge in [0.2, 0.25) is 0 Å². The van der Waals surface area contributed by atoms with Gasteiger partial charge in [-0.2, -0.15) is 0 Å². The normalized spacial score (nSPS) is 11.0. The van der Waals surface area contributed by atoms with E-state index >= 15 is 0 Å². The van der Waals surface area contributed by atoms with Crippen molar-refractivity contribution in [3.63, 3.8) is 0 Å². The molecule has 1 radical (unpaired) electrons. The van der Waals surface area contributed by atoms with E-state index in [0.29, 0.717) is 0 Å². The number of rotatable bonds is 4. The number of hydrogen-bond donors (Lipinski definition) is 0. The van der Waals surface area contributed by atoms with Crippen molar-refractivity contribution in [1.82, 2.24) is 9.55 Å². The zero-order valence-corrected chi connectivity index (χ0v) is 23.8. The average Bonchev–Trinajstić information content (AvgIpc) is 3.31. The van der Waals surface area contributed by atoms with Gasteiger partial charge < -0.3 is 9.55 Å². The average molecular weight is 678 g/mol. The number of benzene rings is 5. The first kappa shape index (κ1) is 25.0. The summed E-state index contributed by atoms with van der Waals surface area (Å²) in [7, 11) is 0. The summed E-state index contributed by atoms with van der Waals surface area (Å²) in [5.41, 5.74) is 11.4. The molecule has 0 saturated heterocycles. The first-order valence-corrected chi connectivity index (χ1v) is 12.9. The molecule has 0 amide bonds. The summed E-state index contributed by atoms with van der Waals surface area (Å²) in [6.07, 6.45) is 1.91. The van der Waals surface area contributed by atoms with Crippen LogP contribution in [0.15, 0.2) is 134 Å². The number of pyridine rings is 1. The molecule has 7 rings (SSSR count). The Morgan fingerprint density at radius 3 is 1.72 bits per heavy atom. The van der Waals surface area contributed by atoms with E-state index in [-0.39, 0.29) is 20.1 Å². The van der Waals surface area contributed by atoms with Crippen LogP contribution in [0.1, 0.15) is 5.56 Å². The number of fused-ring (bicyclic) bond motifs is 3. The molecule has 0 spiro atoms. The molecule has 39 heavy (non-hydrogen) atoms. The van der Waals surface area contributed by atoms with Gasteiger partial charge in [0.05, 0.1) is 11.0 Å². The van der Waals surface area contributed by atoms with Crippen molar-refractivity contribution in [3.8, 4) is 39.2 Å². The largest absolute Gasteiger partial charge is 0.327 e. The topological polar surface area (TPSA) is 17.8 Å². The summed E-state index contributed by atoms with van der Waals surface area (Å²) < 4.78 is 2.36. The Balaban J connectivity index is 0.00000277. The van der Waals surface area contributed by atoms with Gasteiger partial charge >= 0.3 is 0 Å². The first-order valence-electron chi connectivity index (χ1n) is 12.9. The molecule has 0 aliphatic rings. The van der Waals surface area contributed by atoms with Crippen LogP contribution < -0.4 is 0 Å². The van der Waals surface area contributed by atoms with E-state index in [1.807, 2.05) is 12.3 Å². The summed E-state index contributed by atoms with van der Waals surface area (Å²) >= 11 is 0. The minimum atomic E-state index is 0. The van der Waals surface area contributed by atoms with Crippen LogP contribution in [0.25, 0.3) is 61.0 Å². The summed E-state index contributed by atoms with van der Waals surface area (Å²) in [6, 6.07) is 48.7. The molecule has 0 N–H and O–H groups in total. The van der Waals surface area contributed by atoms with Crippen molar-refractivity contribution in [2.75, 3.05) is 0 Å². The van der Waals surface area contributed by atoms with Crippen molar-refractivity contribution >= 4 is 21.8 Å². The summed E-state index contributed by atoms with van der Waals surface area (Å²) in [5, 5.41) is 2.48. The predicted molar refractivity (Wildman–Crippen MR) is 158 cm³/mol. The molecule has 0 atom stereocenters. The molecule has 3 heteroatoms. The zero-order chi connectivity index (χ0) is 25.5. The molecule has 0 saturated carbocycles. The van der Waals surface area contributed by atoms with Crippen molar-refractivity contribution in [3.05, 3.63) is 145 Å². The Morgan fingerprint density at radius 1 is 0.590 bits per heavy atom. The molecule has 0 bridgehead atoms. The summed E-state index contributed by atoms with van der Waals surface area (Å²) in [5.74, 6) is 0. The maximum absolute atomic E-state index is 4.65. The Kier molecular flexibility index (Phi) is 6.70.